The van der Waals surface area contributed by atoms with Gasteiger partial charge in [-0.15, -0.1) is 0 Å². The Morgan fingerprint density at radius 2 is 1.91 bits per heavy atom. The number of carbonyl (C=O) groups excluding carboxylic acids is 2. The summed E-state index contributed by atoms with van der Waals surface area (Å²) in [5.74, 6) is 0.434. The predicted octanol–water partition coefficient (Wildman–Crippen LogP) is 4.78. The second-order valence-electron chi connectivity index (χ2n) is 9.52. The monoisotopic (exact) mass is 444 g/mol. The molecule has 1 spiro atoms. The first-order valence-electron chi connectivity index (χ1n) is 12.1. The number of aromatic nitrogens is 1. The highest BCUT2D eigenvalue weighted by Crippen LogP contribution is 2.52. The number of hydrogen-bond acceptors (Lipinski definition) is 2. The summed E-state index contributed by atoms with van der Waals surface area (Å²) in [5, 5.41) is 4.17. The normalized spacial score (nSPS) is 19.5. The molecule has 3 amide bonds. The van der Waals surface area contributed by atoms with Crippen molar-refractivity contribution in [2.24, 2.45) is 5.92 Å². The second kappa shape index (κ2) is 8.25. The molecule has 6 nitrogen and oxygen atoms in total. The first-order chi connectivity index (χ1) is 16.0. The lowest BCUT2D eigenvalue weighted by Gasteiger charge is -2.43. The van der Waals surface area contributed by atoms with Crippen LogP contribution in [-0.2, 0) is 16.8 Å². The Kier molecular flexibility index (Phi) is 5.39. The van der Waals surface area contributed by atoms with Crippen LogP contribution in [0, 0.1) is 5.92 Å². The summed E-state index contributed by atoms with van der Waals surface area (Å²) in [5.41, 5.74) is 3.59. The highest BCUT2D eigenvalue weighted by Gasteiger charge is 2.60. The van der Waals surface area contributed by atoms with Crippen LogP contribution >= 0.6 is 0 Å². The first-order valence-corrected chi connectivity index (χ1v) is 12.1. The van der Waals surface area contributed by atoms with E-state index in [2.05, 4.69) is 30.2 Å². The number of benzene rings is 2. The Morgan fingerprint density at radius 1 is 1.15 bits per heavy atom. The predicted molar refractivity (Wildman–Crippen MR) is 131 cm³/mol. The van der Waals surface area contributed by atoms with Gasteiger partial charge >= 0.3 is 6.03 Å². The smallest absolute Gasteiger partial charge is 0.318 e. The third-order valence-electron chi connectivity index (χ3n) is 7.01. The van der Waals surface area contributed by atoms with E-state index in [1.807, 2.05) is 54.3 Å². The third kappa shape index (κ3) is 3.15. The fraction of sp³-hybridized carbons (Fsp3) is 0.407. The number of para-hydroxylation sites is 2. The molecule has 0 saturated carbocycles. The van der Waals surface area contributed by atoms with Crippen LogP contribution in [0.4, 0.5) is 10.5 Å². The van der Waals surface area contributed by atoms with Gasteiger partial charge in [-0.1, -0.05) is 57.2 Å². The number of nitrogens with one attached hydrogen (secondary N) is 2. The van der Waals surface area contributed by atoms with Crippen molar-refractivity contribution < 1.29 is 9.59 Å². The van der Waals surface area contributed by atoms with Crippen LogP contribution in [0.15, 0.2) is 48.5 Å². The maximum Gasteiger partial charge on any atom is 0.318 e. The fourth-order valence-electron chi connectivity index (χ4n) is 5.42. The van der Waals surface area contributed by atoms with Gasteiger partial charge in [0, 0.05) is 36.1 Å². The quantitative estimate of drug-likeness (QED) is 0.595. The lowest BCUT2D eigenvalue weighted by Crippen LogP contribution is -2.61. The van der Waals surface area contributed by atoms with Crippen molar-refractivity contribution in [1.82, 2.24) is 15.2 Å². The second-order valence-corrected chi connectivity index (χ2v) is 9.52. The average Bonchev–Trinajstić information content (AvgIpc) is 3.31. The van der Waals surface area contributed by atoms with Gasteiger partial charge in [-0.3, -0.25) is 4.79 Å². The maximum absolute atomic E-state index is 14.5. The van der Waals surface area contributed by atoms with Crippen LogP contribution in [0.25, 0.3) is 10.9 Å². The van der Waals surface area contributed by atoms with Gasteiger partial charge in [0.25, 0.3) is 5.91 Å². The molecule has 0 unspecified atom stereocenters. The zero-order valence-electron chi connectivity index (χ0n) is 19.6. The summed E-state index contributed by atoms with van der Waals surface area (Å²) in [7, 11) is 0. The molecule has 2 aromatic carbocycles. The molecule has 2 aliphatic heterocycles. The molecule has 1 aromatic heterocycles. The molecule has 2 aliphatic rings. The molecule has 5 rings (SSSR count). The van der Waals surface area contributed by atoms with Gasteiger partial charge in [-0.2, -0.15) is 0 Å². The Hall–Kier alpha value is -3.28. The average molecular weight is 445 g/mol. The number of carbonyl (C=O) groups is 2. The molecule has 0 aliphatic carbocycles. The molecule has 0 fully saturated rings. The van der Waals surface area contributed by atoms with Gasteiger partial charge in [0.05, 0.1) is 11.4 Å². The Labute approximate surface area is 195 Å². The molecule has 3 aromatic rings. The molecule has 0 radical (unpaired) electrons. The Balaban J connectivity index is 1.75. The number of anilines is 1. The Morgan fingerprint density at radius 3 is 2.70 bits per heavy atom. The third-order valence-corrected chi connectivity index (χ3v) is 7.01. The summed E-state index contributed by atoms with van der Waals surface area (Å²) in [6.07, 6.45) is 2.45. The Bertz CT molecular complexity index is 1210. The molecule has 1 atom stereocenters. The zero-order chi connectivity index (χ0) is 23.2. The van der Waals surface area contributed by atoms with Crippen LogP contribution in [0.2, 0.25) is 0 Å². The van der Waals surface area contributed by atoms with Crippen molar-refractivity contribution in [2.45, 2.75) is 45.6 Å². The lowest BCUT2D eigenvalue weighted by molar-refractivity contribution is -0.126. The van der Waals surface area contributed by atoms with Gasteiger partial charge in [0.2, 0.25) is 0 Å². The zero-order valence-corrected chi connectivity index (χ0v) is 19.6. The van der Waals surface area contributed by atoms with Crippen molar-refractivity contribution in [2.75, 3.05) is 24.5 Å². The van der Waals surface area contributed by atoms with Crippen LogP contribution in [0.1, 0.15) is 50.4 Å². The van der Waals surface area contributed by atoms with Crippen molar-refractivity contribution in [1.29, 1.82) is 0 Å². The van der Waals surface area contributed by atoms with E-state index < -0.39 is 5.54 Å². The summed E-state index contributed by atoms with van der Waals surface area (Å²) >= 11 is 0. The molecular formula is C27H32N4O2. The van der Waals surface area contributed by atoms with E-state index in [9.17, 15) is 9.59 Å². The summed E-state index contributed by atoms with van der Waals surface area (Å²) in [6, 6.07) is 16.0. The van der Waals surface area contributed by atoms with E-state index in [1.54, 1.807) is 4.90 Å². The van der Waals surface area contributed by atoms with Crippen LogP contribution in [-0.4, -0.2) is 41.5 Å². The van der Waals surface area contributed by atoms with E-state index in [4.69, 9.17) is 0 Å². The van der Waals surface area contributed by atoms with E-state index in [0.717, 1.165) is 46.3 Å². The van der Waals surface area contributed by atoms with E-state index in [1.165, 1.54) is 0 Å². The standard InChI is InChI=1S/C27H32N4O2/c1-4-15-28-26(33)31-17-14-20-19-9-5-7-11-22(19)29-24(20)27(31)21-10-6-8-12-23(21)30(25(27)32)16-13-18(2)3/h5-12,18,29H,4,13-17H2,1-3H3,(H,28,33)/t27-/m0/s1. The first kappa shape index (κ1) is 21.6. The number of nitrogens with zero attached hydrogens (tertiary/aromatic N) is 2. The minimum absolute atomic E-state index is 0.0384. The molecule has 0 bridgehead atoms. The topological polar surface area (TPSA) is 68.4 Å². The largest absolute Gasteiger partial charge is 0.355 e. The summed E-state index contributed by atoms with van der Waals surface area (Å²) in [4.78, 5) is 35.2. The van der Waals surface area contributed by atoms with Crippen molar-refractivity contribution in [3.8, 4) is 0 Å². The molecule has 6 heteroatoms. The highest BCUT2D eigenvalue weighted by atomic mass is 16.2. The van der Waals surface area contributed by atoms with Gasteiger partial charge < -0.3 is 20.1 Å². The molecule has 3 heterocycles. The molecule has 2 N–H and O–H groups in total. The number of rotatable bonds is 5. The van der Waals surface area contributed by atoms with Crippen molar-refractivity contribution in [3.63, 3.8) is 0 Å². The van der Waals surface area contributed by atoms with Crippen molar-refractivity contribution in [3.05, 3.63) is 65.4 Å². The number of aromatic amines is 1. The van der Waals surface area contributed by atoms with E-state index >= 15 is 0 Å². The van der Waals surface area contributed by atoms with Gasteiger partial charge in [-0.25, -0.2) is 4.79 Å². The summed E-state index contributed by atoms with van der Waals surface area (Å²) in [6.45, 7) is 8.08. The van der Waals surface area contributed by atoms with Crippen molar-refractivity contribution >= 4 is 28.5 Å². The van der Waals surface area contributed by atoms with E-state index in [0.29, 0.717) is 32.0 Å². The van der Waals surface area contributed by atoms with Crippen LogP contribution < -0.4 is 10.2 Å². The van der Waals surface area contributed by atoms with Crippen LogP contribution in [0.5, 0.6) is 0 Å². The van der Waals surface area contributed by atoms with Gasteiger partial charge in [0.1, 0.15) is 0 Å². The SMILES string of the molecule is CCCNC(=O)N1CCc2c([nH]c3ccccc23)[C@@]12C(=O)N(CCC(C)C)c1ccccc12. The molecule has 0 saturated heterocycles. The number of hydrogen-bond donors (Lipinski definition) is 2. The number of amides is 3. The highest BCUT2D eigenvalue weighted by molar-refractivity contribution is 6.12. The number of fused-ring (bicyclic) bond motifs is 6. The van der Waals surface area contributed by atoms with Gasteiger partial charge in [0.15, 0.2) is 5.54 Å². The number of urea groups is 1. The minimum atomic E-state index is -1.18. The maximum atomic E-state index is 14.5. The lowest BCUT2D eigenvalue weighted by atomic mass is 9.80. The van der Waals surface area contributed by atoms with E-state index in [-0.39, 0.29) is 11.9 Å². The molecule has 33 heavy (non-hydrogen) atoms. The fourth-order valence-corrected chi connectivity index (χ4v) is 5.42. The number of H-pyrrole nitrogens is 1. The molecular weight excluding hydrogens is 412 g/mol. The summed E-state index contributed by atoms with van der Waals surface area (Å²) < 4.78 is 0. The van der Waals surface area contributed by atoms with Gasteiger partial charge in [-0.05, 0) is 42.9 Å². The minimum Gasteiger partial charge on any atom is -0.355 e. The van der Waals surface area contributed by atoms with Crippen LogP contribution in [0.3, 0.4) is 0 Å². The molecule has 172 valence electrons.